The Balaban J connectivity index is 1.63. The van der Waals surface area contributed by atoms with Crippen LogP contribution in [0.25, 0.3) is 5.69 Å². The zero-order chi connectivity index (χ0) is 21.7. The quantitative estimate of drug-likeness (QED) is 0.787. The van der Waals surface area contributed by atoms with Crippen LogP contribution in [0.4, 0.5) is 4.39 Å². The highest BCUT2D eigenvalue weighted by Crippen LogP contribution is 2.17. The number of amides is 2. The van der Waals surface area contributed by atoms with Crippen LogP contribution in [-0.4, -0.2) is 45.6 Å². The second kappa shape index (κ2) is 9.65. The maximum atomic E-state index is 13.1. The zero-order valence-corrected chi connectivity index (χ0v) is 17.3. The lowest BCUT2D eigenvalue weighted by molar-refractivity contribution is -0.136. The first kappa shape index (κ1) is 21.7. The Labute approximate surface area is 174 Å². The summed E-state index contributed by atoms with van der Waals surface area (Å²) in [6, 6.07) is 7.90. The van der Waals surface area contributed by atoms with Gasteiger partial charge in [0.15, 0.2) is 0 Å². The van der Waals surface area contributed by atoms with Crippen LogP contribution in [0.3, 0.4) is 0 Å². The molecule has 1 aromatic carbocycles. The highest BCUT2D eigenvalue weighted by Gasteiger charge is 2.27. The SMILES string of the molecule is CCC(CC)C(=O)N1CCC(NC(=O)c2ccc(=O)n(-c3ccc(F)cc3)n2)CC1. The van der Waals surface area contributed by atoms with E-state index in [1.54, 1.807) is 0 Å². The van der Waals surface area contributed by atoms with Gasteiger partial charge < -0.3 is 10.2 Å². The van der Waals surface area contributed by atoms with Gasteiger partial charge in [-0.1, -0.05) is 13.8 Å². The molecule has 0 radical (unpaired) electrons. The van der Waals surface area contributed by atoms with Crippen molar-refractivity contribution in [3.05, 3.63) is 58.3 Å². The van der Waals surface area contributed by atoms with Crippen molar-refractivity contribution in [3.8, 4) is 5.69 Å². The number of likely N-dealkylation sites (tertiary alicyclic amines) is 1. The Hall–Kier alpha value is -3.03. The maximum Gasteiger partial charge on any atom is 0.271 e. The predicted octanol–water partition coefficient (Wildman–Crippen LogP) is 2.53. The van der Waals surface area contributed by atoms with Crippen molar-refractivity contribution in [2.24, 2.45) is 5.92 Å². The molecule has 1 fully saturated rings. The lowest BCUT2D eigenvalue weighted by Gasteiger charge is -2.34. The summed E-state index contributed by atoms with van der Waals surface area (Å²) in [5.41, 5.74) is 0.0742. The van der Waals surface area contributed by atoms with Crippen LogP contribution in [0.2, 0.25) is 0 Å². The predicted molar refractivity (Wildman–Crippen MR) is 111 cm³/mol. The molecule has 0 atom stereocenters. The smallest absolute Gasteiger partial charge is 0.271 e. The Morgan fingerprint density at radius 3 is 2.33 bits per heavy atom. The van der Waals surface area contributed by atoms with Crippen molar-refractivity contribution in [2.75, 3.05) is 13.1 Å². The summed E-state index contributed by atoms with van der Waals surface area (Å²) in [5.74, 6) is -0.545. The van der Waals surface area contributed by atoms with Crippen LogP contribution in [0.1, 0.15) is 50.0 Å². The van der Waals surface area contributed by atoms with Crippen molar-refractivity contribution in [1.29, 1.82) is 0 Å². The van der Waals surface area contributed by atoms with E-state index in [1.807, 2.05) is 18.7 Å². The number of nitrogens with one attached hydrogen (secondary N) is 1. The van der Waals surface area contributed by atoms with Crippen molar-refractivity contribution in [1.82, 2.24) is 20.0 Å². The van der Waals surface area contributed by atoms with Gasteiger partial charge >= 0.3 is 0 Å². The normalized spacial score (nSPS) is 14.7. The summed E-state index contributed by atoms with van der Waals surface area (Å²) in [6.07, 6.45) is 3.02. The Kier molecular flexibility index (Phi) is 6.97. The van der Waals surface area contributed by atoms with E-state index in [1.165, 1.54) is 36.4 Å². The second-order valence-electron chi connectivity index (χ2n) is 7.53. The van der Waals surface area contributed by atoms with Crippen molar-refractivity contribution in [2.45, 2.75) is 45.6 Å². The van der Waals surface area contributed by atoms with E-state index in [0.29, 0.717) is 31.6 Å². The molecule has 0 spiro atoms. The number of benzene rings is 1. The van der Waals surface area contributed by atoms with Gasteiger partial charge in [0.25, 0.3) is 11.5 Å². The third kappa shape index (κ3) is 4.93. The molecule has 1 aliphatic heterocycles. The van der Waals surface area contributed by atoms with Crippen LogP contribution in [0.5, 0.6) is 0 Å². The minimum absolute atomic E-state index is 0.0590. The summed E-state index contributed by atoms with van der Waals surface area (Å²) in [7, 11) is 0. The van der Waals surface area contributed by atoms with Gasteiger partial charge in [0.1, 0.15) is 11.5 Å². The van der Waals surface area contributed by atoms with Gasteiger partial charge in [-0.2, -0.15) is 9.78 Å². The van der Waals surface area contributed by atoms with Crippen LogP contribution in [-0.2, 0) is 4.79 Å². The fourth-order valence-corrected chi connectivity index (χ4v) is 3.70. The molecule has 7 nitrogen and oxygen atoms in total. The number of halogens is 1. The zero-order valence-electron chi connectivity index (χ0n) is 17.3. The standard InChI is InChI=1S/C22H27FN4O3/c1-3-15(4-2)22(30)26-13-11-17(12-14-26)24-21(29)19-9-10-20(28)27(25-19)18-7-5-16(23)6-8-18/h5-10,15,17H,3-4,11-14H2,1-2H3,(H,24,29). The molecule has 8 heteroatoms. The molecule has 2 heterocycles. The molecular weight excluding hydrogens is 387 g/mol. The monoisotopic (exact) mass is 414 g/mol. The molecule has 1 aliphatic rings. The molecule has 0 saturated carbocycles. The van der Waals surface area contributed by atoms with E-state index >= 15 is 0 Å². The number of carbonyl (C=O) groups is 2. The number of piperidine rings is 1. The third-order valence-corrected chi connectivity index (χ3v) is 5.58. The van der Waals surface area contributed by atoms with Gasteiger partial charge in [0.2, 0.25) is 5.91 Å². The van der Waals surface area contributed by atoms with E-state index in [2.05, 4.69) is 10.4 Å². The Morgan fingerprint density at radius 2 is 1.73 bits per heavy atom. The molecule has 160 valence electrons. The number of aromatic nitrogens is 2. The summed E-state index contributed by atoms with van der Waals surface area (Å²) >= 11 is 0. The molecule has 1 N–H and O–H groups in total. The second-order valence-corrected chi connectivity index (χ2v) is 7.53. The van der Waals surface area contributed by atoms with Crippen LogP contribution in [0.15, 0.2) is 41.2 Å². The van der Waals surface area contributed by atoms with Crippen molar-refractivity contribution < 1.29 is 14.0 Å². The molecule has 30 heavy (non-hydrogen) atoms. The van der Waals surface area contributed by atoms with E-state index in [9.17, 15) is 18.8 Å². The van der Waals surface area contributed by atoms with Gasteiger partial charge in [0.05, 0.1) is 5.69 Å². The first-order chi connectivity index (χ1) is 14.4. The number of carbonyl (C=O) groups excluding carboxylic acids is 2. The van der Waals surface area contributed by atoms with Crippen LogP contribution in [0, 0.1) is 11.7 Å². The lowest BCUT2D eigenvalue weighted by atomic mass is 9.98. The minimum Gasteiger partial charge on any atom is -0.348 e. The number of hydrogen-bond acceptors (Lipinski definition) is 4. The molecule has 0 unspecified atom stereocenters. The average Bonchev–Trinajstić information content (AvgIpc) is 2.76. The molecule has 2 aromatic rings. The Morgan fingerprint density at radius 1 is 1.10 bits per heavy atom. The number of rotatable bonds is 6. The number of hydrogen-bond donors (Lipinski definition) is 1. The molecule has 0 bridgehead atoms. The maximum absolute atomic E-state index is 13.1. The largest absolute Gasteiger partial charge is 0.348 e. The van der Waals surface area contributed by atoms with Crippen LogP contribution < -0.4 is 10.9 Å². The summed E-state index contributed by atoms with van der Waals surface area (Å²) in [6.45, 7) is 5.28. The van der Waals surface area contributed by atoms with Crippen LogP contribution >= 0.6 is 0 Å². The minimum atomic E-state index is -0.422. The molecule has 1 saturated heterocycles. The first-order valence-electron chi connectivity index (χ1n) is 10.4. The lowest BCUT2D eigenvalue weighted by Crippen LogP contribution is -2.48. The highest BCUT2D eigenvalue weighted by molar-refractivity contribution is 5.92. The summed E-state index contributed by atoms with van der Waals surface area (Å²) in [4.78, 5) is 39.2. The molecular formula is C22H27FN4O3. The molecule has 1 aromatic heterocycles. The Bertz CT molecular complexity index is 946. The number of nitrogens with zero attached hydrogens (tertiary/aromatic N) is 3. The fraction of sp³-hybridized carbons (Fsp3) is 0.455. The van der Waals surface area contributed by atoms with E-state index in [-0.39, 0.29) is 29.5 Å². The third-order valence-electron chi connectivity index (χ3n) is 5.58. The summed E-state index contributed by atoms with van der Waals surface area (Å²) < 4.78 is 14.2. The first-order valence-corrected chi connectivity index (χ1v) is 10.4. The van der Waals surface area contributed by atoms with Gasteiger partial charge in [-0.15, -0.1) is 0 Å². The molecule has 3 rings (SSSR count). The summed E-state index contributed by atoms with van der Waals surface area (Å²) in [5, 5.41) is 7.08. The molecule has 2 amide bonds. The fourth-order valence-electron chi connectivity index (χ4n) is 3.70. The topological polar surface area (TPSA) is 84.3 Å². The van der Waals surface area contributed by atoms with Gasteiger partial charge in [-0.3, -0.25) is 14.4 Å². The average molecular weight is 414 g/mol. The van der Waals surface area contributed by atoms with Crippen molar-refractivity contribution >= 4 is 11.8 Å². The highest BCUT2D eigenvalue weighted by atomic mass is 19.1. The molecule has 0 aliphatic carbocycles. The van der Waals surface area contributed by atoms with E-state index < -0.39 is 11.4 Å². The van der Waals surface area contributed by atoms with Gasteiger partial charge in [-0.25, -0.2) is 4.39 Å². The van der Waals surface area contributed by atoms with E-state index in [0.717, 1.165) is 17.5 Å². The van der Waals surface area contributed by atoms with Crippen molar-refractivity contribution in [3.63, 3.8) is 0 Å². The van der Waals surface area contributed by atoms with E-state index in [4.69, 9.17) is 0 Å². The van der Waals surface area contributed by atoms with Gasteiger partial charge in [-0.05, 0) is 56.0 Å². The van der Waals surface area contributed by atoms with Gasteiger partial charge in [0, 0.05) is 31.1 Å².